The quantitative estimate of drug-likeness (QED) is 0.866. The lowest BCUT2D eigenvalue weighted by Gasteiger charge is -2.27. The van der Waals surface area contributed by atoms with Crippen LogP contribution < -0.4 is 10.2 Å². The Morgan fingerprint density at radius 3 is 2.95 bits per heavy atom. The van der Waals surface area contributed by atoms with E-state index in [2.05, 4.69) is 32.2 Å². The van der Waals surface area contributed by atoms with Crippen LogP contribution in [0.4, 0.5) is 11.6 Å². The number of nitrogens with zero attached hydrogens (tertiary/aromatic N) is 5. The van der Waals surface area contributed by atoms with Crippen molar-refractivity contribution in [3.63, 3.8) is 0 Å². The van der Waals surface area contributed by atoms with E-state index in [1.807, 2.05) is 23.0 Å². The van der Waals surface area contributed by atoms with E-state index in [0.29, 0.717) is 5.92 Å². The zero-order valence-electron chi connectivity index (χ0n) is 12.9. The maximum atomic E-state index is 5.37. The molecule has 0 bridgehead atoms. The number of ether oxygens (including phenoxy) is 1. The molecule has 3 heterocycles. The third-order valence-corrected chi connectivity index (χ3v) is 3.68. The van der Waals surface area contributed by atoms with Crippen LogP contribution in [0.15, 0.2) is 30.9 Å². The lowest BCUT2D eigenvalue weighted by Crippen LogP contribution is -2.36. The smallest absolute Gasteiger partial charge is 0.134 e. The first-order chi connectivity index (χ1) is 10.8. The first kappa shape index (κ1) is 14.8. The number of hydrogen-bond acceptors (Lipinski definition) is 6. The van der Waals surface area contributed by atoms with Crippen molar-refractivity contribution in [2.24, 2.45) is 5.92 Å². The Bertz CT molecular complexity index is 567. The number of hydrogen-bond donors (Lipinski definition) is 1. The zero-order chi connectivity index (χ0) is 15.2. The number of rotatable bonds is 6. The van der Waals surface area contributed by atoms with Gasteiger partial charge in [0.25, 0.3) is 0 Å². The molecule has 2 aromatic rings. The molecule has 7 heteroatoms. The highest BCUT2D eigenvalue weighted by Gasteiger charge is 2.13. The van der Waals surface area contributed by atoms with Crippen LogP contribution in [-0.2, 0) is 11.3 Å². The average molecular weight is 302 g/mol. The van der Waals surface area contributed by atoms with Crippen molar-refractivity contribution in [3.05, 3.63) is 30.9 Å². The standard InChI is InChI=1S/C15H22N6O/c1-13(11-21-4-2-3-19-21)10-16-14-9-15(18-12-17-14)20-5-7-22-8-6-20/h2-4,9,12-13H,5-8,10-11H2,1H3,(H,16,17,18)/t13-/m1/s1. The van der Waals surface area contributed by atoms with Gasteiger partial charge in [0.1, 0.15) is 18.0 Å². The summed E-state index contributed by atoms with van der Waals surface area (Å²) >= 11 is 0. The van der Waals surface area contributed by atoms with Gasteiger partial charge in [0, 0.05) is 44.6 Å². The van der Waals surface area contributed by atoms with Crippen molar-refractivity contribution in [3.8, 4) is 0 Å². The van der Waals surface area contributed by atoms with Crippen LogP contribution in [0.2, 0.25) is 0 Å². The summed E-state index contributed by atoms with van der Waals surface area (Å²) in [5.41, 5.74) is 0. The molecule has 2 aromatic heterocycles. The Kier molecular flexibility index (Phi) is 4.85. The van der Waals surface area contributed by atoms with E-state index in [1.54, 1.807) is 12.5 Å². The Morgan fingerprint density at radius 2 is 2.18 bits per heavy atom. The van der Waals surface area contributed by atoms with Crippen molar-refractivity contribution in [1.29, 1.82) is 0 Å². The molecule has 0 aliphatic carbocycles. The third-order valence-electron chi connectivity index (χ3n) is 3.68. The van der Waals surface area contributed by atoms with E-state index < -0.39 is 0 Å². The van der Waals surface area contributed by atoms with Gasteiger partial charge in [0.15, 0.2) is 0 Å². The summed E-state index contributed by atoms with van der Waals surface area (Å²) in [7, 11) is 0. The third kappa shape index (κ3) is 3.94. The van der Waals surface area contributed by atoms with Gasteiger partial charge in [-0.05, 0) is 12.0 Å². The Labute approximate surface area is 130 Å². The molecule has 0 spiro atoms. The highest BCUT2D eigenvalue weighted by atomic mass is 16.5. The summed E-state index contributed by atoms with van der Waals surface area (Å²) in [6.45, 7) is 7.21. The van der Waals surface area contributed by atoms with Gasteiger partial charge in [-0.15, -0.1) is 0 Å². The molecule has 0 unspecified atom stereocenters. The first-order valence-electron chi connectivity index (χ1n) is 7.67. The number of morpholine rings is 1. The van der Waals surface area contributed by atoms with Crippen LogP contribution >= 0.6 is 0 Å². The molecule has 118 valence electrons. The molecule has 1 aliphatic heterocycles. The highest BCUT2D eigenvalue weighted by molar-refractivity contribution is 5.48. The summed E-state index contributed by atoms with van der Waals surface area (Å²) in [5.74, 6) is 2.28. The number of nitrogens with one attached hydrogen (secondary N) is 1. The van der Waals surface area contributed by atoms with Crippen LogP contribution in [0.25, 0.3) is 0 Å². The van der Waals surface area contributed by atoms with E-state index in [-0.39, 0.29) is 0 Å². The zero-order valence-corrected chi connectivity index (χ0v) is 12.9. The second kappa shape index (κ2) is 7.22. The Balaban J connectivity index is 1.53. The molecule has 0 amide bonds. The van der Waals surface area contributed by atoms with E-state index >= 15 is 0 Å². The molecule has 7 nitrogen and oxygen atoms in total. The van der Waals surface area contributed by atoms with Crippen LogP contribution in [0.5, 0.6) is 0 Å². The van der Waals surface area contributed by atoms with Crippen LogP contribution in [0.1, 0.15) is 6.92 Å². The highest BCUT2D eigenvalue weighted by Crippen LogP contribution is 2.15. The van der Waals surface area contributed by atoms with Gasteiger partial charge in [0.2, 0.25) is 0 Å². The predicted octanol–water partition coefficient (Wildman–Crippen LogP) is 1.26. The van der Waals surface area contributed by atoms with Gasteiger partial charge in [-0.25, -0.2) is 9.97 Å². The monoisotopic (exact) mass is 302 g/mol. The molecule has 1 N–H and O–H groups in total. The Hall–Kier alpha value is -2.15. The summed E-state index contributed by atoms with van der Waals surface area (Å²) < 4.78 is 7.32. The van der Waals surface area contributed by atoms with Crippen LogP contribution in [0, 0.1) is 5.92 Å². The van der Waals surface area contributed by atoms with Gasteiger partial charge in [-0.1, -0.05) is 6.92 Å². The van der Waals surface area contributed by atoms with Crippen molar-refractivity contribution >= 4 is 11.6 Å². The summed E-state index contributed by atoms with van der Waals surface area (Å²) in [6, 6.07) is 3.95. The van der Waals surface area contributed by atoms with Gasteiger partial charge in [0.05, 0.1) is 13.2 Å². The largest absolute Gasteiger partial charge is 0.378 e. The lowest BCUT2D eigenvalue weighted by molar-refractivity contribution is 0.122. The first-order valence-corrected chi connectivity index (χ1v) is 7.67. The fourth-order valence-corrected chi connectivity index (χ4v) is 2.48. The molecule has 3 rings (SSSR count). The maximum absolute atomic E-state index is 5.37. The molecular formula is C15H22N6O. The molecule has 1 aliphatic rings. The predicted molar refractivity (Wildman–Crippen MR) is 84.9 cm³/mol. The van der Waals surface area contributed by atoms with E-state index in [0.717, 1.165) is 51.0 Å². The molecular weight excluding hydrogens is 280 g/mol. The SMILES string of the molecule is C[C@H](CNc1cc(N2CCOCC2)ncn1)Cn1cccn1. The molecule has 0 aromatic carbocycles. The molecule has 1 saturated heterocycles. The molecule has 1 fully saturated rings. The lowest BCUT2D eigenvalue weighted by atomic mass is 10.2. The number of aromatic nitrogens is 4. The van der Waals surface area contributed by atoms with Crippen molar-refractivity contribution < 1.29 is 4.74 Å². The maximum Gasteiger partial charge on any atom is 0.134 e. The van der Waals surface area contributed by atoms with Crippen molar-refractivity contribution in [2.75, 3.05) is 43.1 Å². The molecule has 1 atom stereocenters. The topological polar surface area (TPSA) is 68.1 Å². The van der Waals surface area contributed by atoms with E-state index in [4.69, 9.17) is 4.74 Å². The van der Waals surface area contributed by atoms with Gasteiger partial charge >= 0.3 is 0 Å². The fraction of sp³-hybridized carbons (Fsp3) is 0.533. The minimum Gasteiger partial charge on any atom is -0.378 e. The Morgan fingerprint density at radius 1 is 1.32 bits per heavy atom. The van der Waals surface area contributed by atoms with Gasteiger partial charge < -0.3 is 15.0 Å². The second-order valence-corrected chi connectivity index (χ2v) is 5.58. The number of anilines is 2. The minimum absolute atomic E-state index is 0.460. The molecule has 22 heavy (non-hydrogen) atoms. The summed E-state index contributed by atoms with van der Waals surface area (Å²) in [5, 5.41) is 7.62. The van der Waals surface area contributed by atoms with Gasteiger partial charge in [-0.2, -0.15) is 5.10 Å². The van der Waals surface area contributed by atoms with Crippen molar-refractivity contribution in [2.45, 2.75) is 13.5 Å². The second-order valence-electron chi connectivity index (χ2n) is 5.58. The molecule has 0 radical (unpaired) electrons. The van der Waals surface area contributed by atoms with Crippen molar-refractivity contribution in [1.82, 2.24) is 19.7 Å². The summed E-state index contributed by atoms with van der Waals surface area (Å²) in [6.07, 6.45) is 5.40. The fourth-order valence-electron chi connectivity index (χ4n) is 2.48. The van der Waals surface area contributed by atoms with E-state index in [9.17, 15) is 0 Å². The van der Waals surface area contributed by atoms with Gasteiger partial charge in [-0.3, -0.25) is 4.68 Å². The van der Waals surface area contributed by atoms with Crippen LogP contribution in [-0.4, -0.2) is 52.6 Å². The minimum atomic E-state index is 0.460. The molecule has 0 saturated carbocycles. The summed E-state index contributed by atoms with van der Waals surface area (Å²) in [4.78, 5) is 10.9. The average Bonchev–Trinajstić information content (AvgIpc) is 3.07. The normalized spacial score (nSPS) is 16.5. The van der Waals surface area contributed by atoms with Crippen LogP contribution in [0.3, 0.4) is 0 Å². The van der Waals surface area contributed by atoms with E-state index in [1.165, 1.54) is 0 Å².